The summed E-state index contributed by atoms with van der Waals surface area (Å²) in [6, 6.07) is 42.4. The van der Waals surface area contributed by atoms with Crippen molar-refractivity contribution in [3.05, 3.63) is 145 Å². The Morgan fingerprint density at radius 1 is 0.565 bits per heavy atom. The molecule has 4 heteroatoms. The number of benzene rings is 6. The molecule has 1 atom stereocenters. The maximum Gasteiger partial charge on any atom is 0.164 e. The van der Waals surface area contributed by atoms with Crippen LogP contribution in [-0.4, -0.2) is 15.0 Å². The lowest BCUT2D eigenvalue weighted by molar-refractivity contribution is 0.669. The second kappa shape index (κ2) is 10.6. The number of allylic oxidation sites excluding steroid dienone is 4. The van der Waals surface area contributed by atoms with Gasteiger partial charge in [0.1, 0.15) is 11.2 Å². The first-order chi connectivity index (χ1) is 22.7. The van der Waals surface area contributed by atoms with E-state index in [1.165, 1.54) is 21.5 Å². The zero-order chi connectivity index (χ0) is 30.6. The van der Waals surface area contributed by atoms with Crippen LogP contribution in [0.15, 0.2) is 144 Å². The van der Waals surface area contributed by atoms with Crippen molar-refractivity contribution in [3.8, 4) is 33.9 Å². The molecule has 2 heterocycles. The predicted molar refractivity (Wildman–Crippen MR) is 189 cm³/mol. The van der Waals surface area contributed by atoms with Gasteiger partial charge in [0.25, 0.3) is 0 Å². The molecule has 8 aromatic rings. The van der Waals surface area contributed by atoms with Crippen molar-refractivity contribution in [3.63, 3.8) is 0 Å². The van der Waals surface area contributed by atoms with Gasteiger partial charge in [0.05, 0.1) is 0 Å². The van der Waals surface area contributed by atoms with Crippen molar-refractivity contribution in [1.29, 1.82) is 0 Å². The molecule has 0 saturated carbocycles. The molecule has 1 unspecified atom stereocenters. The fourth-order valence-corrected chi connectivity index (χ4v) is 6.76. The Balaban J connectivity index is 1.27. The fourth-order valence-electron chi connectivity index (χ4n) is 6.76. The number of furan rings is 1. The monoisotopic (exact) mass is 591 g/mol. The Labute approximate surface area is 266 Å². The van der Waals surface area contributed by atoms with Gasteiger partial charge in [-0.3, -0.25) is 0 Å². The van der Waals surface area contributed by atoms with E-state index in [1.54, 1.807) is 0 Å². The van der Waals surface area contributed by atoms with Crippen LogP contribution in [0.25, 0.3) is 83.0 Å². The largest absolute Gasteiger partial charge is 0.456 e. The minimum Gasteiger partial charge on any atom is -0.456 e. The maximum absolute atomic E-state index is 6.45. The van der Waals surface area contributed by atoms with Gasteiger partial charge in [-0.25, -0.2) is 15.0 Å². The van der Waals surface area contributed by atoms with Crippen molar-refractivity contribution in [2.24, 2.45) is 5.92 Å². The van der Waals surface area contributed by atoms with Crippen molar-refractivity contribution in [2.45, 2.75) is 13.3 Å². The molecule has 0 amide bonds. The molecule has 9 rings (SSSR count). The van der Waals surface area contributed by atoms with Crippen LogP contribution in [0.3, 0.4) is 0 Å². The number of aromatic nitrogens is 3. The summed E-state index contributed by atoms with van der Waals surface area (Å²) < 4.78 is 6.45. The highest BCUT2D eigenvalue weighted by atomic mass is 16.3. The SMILES string of the molecule is CC1CC=CC=C1c1nc(-c2ccc3ccc4ccccc4c3c2)nc(-c2cccc3oc4cc(-c5ccccc5)ccc4c23)n1. The predicted octanol–water partition coefficient (Wildman–Crippen LogP) is 11.1. The molecule has 0 spiro atoms. The van der Waals surface area contributed by atoms with Crippen LogP contribution in [0, 0.1) is 5.92 Å². The van der Waals surface area contributed by atoms with Crippen LogP contribution < -0.4 is 0 Å². The molecule has 6 aromatic carbocycles. The van der Waals surface area contributed by atoms with Gasteiger partial charge in [0.2, 0.25) is 0 Å². The van der Waals surface area contributed by atoms with E-state index in [4.69, 9.17) is 19.4 Å². The minimum absolute atomic E-state index is 0.301. The fraction of sp³-hybridized carbons (Fsp3) is 0.0714. The molecule has 1 aliphatic carbocycles. The summed E-state index contributed by atoms with van der Waals surface area (Å²) in [6.45, 7) is 2.23. The highest BCUT2D eigenvalue weighted by molar-refractivity contribution is 6.12. The lowest BCUT2D eigenvalue weighted by Crippen LogP contribution is -2.08. The van der Waals surface area contributed by atoms with Gasteiger partial charge in [0.15, 0.2) is 17.5 Å². The van der Waals surface area contributed by atoms with E-state index < -0.39 is 0 Å². The zero-order valence-corrected chi connectivity index (χ0v) is 25.3. The smallest absolute Gasteiger partial charge is 0.164 e. The van der Waals surface area contributed by atoms with E-state index >= 15 is 0 Å². The molecular formula is C42H29N3O. The first kappa shape index (κ1) is 26.5. The molecule has 0 aliphatic heterocycles. The van der Waals surface area contributed by atoms with Gasteiger partial charge in [-0.1, -0.05) is 122 Å². The number of nitrogens with zero attached hydrogens (tertiary/aromatic N) is 3. The quantitative estimate of drug-likeness (QED) is 0.191. The van der Waals surface area contributed by atoms with Crippen molar-refractivity contribution < 1.29 is 4.42 Å². The first-order valence-corrected chi connectivity index (χ1v) is 15.8. The molecule has 0 bridgehead atoms. The number of fused-ring (bicyclic) bond motifs is 6. The Kier molecular flexibility index (Phi) is 6.13. The van der Waals surface area contributed by atoms with Crippen molar-refractivity contribution in [2.75, 3.05) is 0 Å². The molecule has 2 aromatic heterocycles. The molecule has 0 saturated heterocycles. The number of hydrogen-bond acceptors (Lipinski definition) is 4. The Hall–Kier alpha value is -5.87. The van der Waals surface area contributed by atoms with Crippen molar-refractivity contribution >= 4 is 49.1 Å². The molecule has 0 radical (unpaired) electrons. The normalized spacial score (nSPS) is 14.8. The van der Waals surface area contributed by atoms with Gasteiger partial charge in [0, 0.05) is 27.5 Å². The topological polar surface area (TPSA) is 51.8 Å². The van der Waals surface area contributed by atoms with Gasteiger partial charge in [-0.2, -0.15) is 0 Å². The average molecular weight is 592 g/mol. The van der Waals surface area contributed by atoms with Crippen molar-refractivity contribution in [1.82, 2.24) is 15.0 Å². The third-order valence-corrected chi connectivity index (χ3v) is 9.18. The van der Waals surface area contributed by atoms with Crippen LogP contribution in [-0.2, 0) is 0 Å². The summed E-state index contributed by atoms with van der Waals surface area (Å²) in [5.41, 5.74) is 6.94. The summed E-state index contributed by atoms with van der Waals surface area (Å²) in [5.74, 6) is 2.32. The van der Waals surface area contributed by atoms with E-state index in [0.29, 0.717) is 23.4 Å². The van der Waals surface area contributed by atoms with Crippen LogP contribution in [0.4, 0.5) is 0 Å². The second-order valence-corrected chi connectivity index (χ2v) is 12.1. The van der Waals surface area contributed by atoms with Gasteiger partial charge < -0.3 is 4.42 Å². The highest BCUT2D eigenvalue weighted by Gasteiger charge is 2.21. The average Bonchev–Trinajstić information content (AvgIpc) is 3.50. The van der Waals surface area contributed by atoms with Gasteiger partial charge >= 0.3 is 0 Å². The zero-order valence-electron chi connectivity index (χ0n) is 25.3. The maximum atomic E-state index is 6.45. The lowest BCUT2D eigenvalue weighted by Gasteiger charge is -2.17. The standard InChI is InChI=1S/C42H29N3O/c1-26-10-5-7-14-32(26)41-43-40(31-21-20-29-19-18-28-13-6-8-15-33(28)36(29)24-31)44-42(45-41)35-16-9-17-37-39(35)34-23-22-30(25-38(34)46-37)27-11-3-2-4-12-27/h2-9,11-26H,10H2,1H3. The third kappa shape index (κ3) is 4.41. The summed E-state index contributed by atoms with van der Waals surface area (Å²) >= 11 is 0. The summed E-state index contributed by atoms with van der Waals surface area (Å²) in [7, 11) is 0. The highest BCUT2D eigenvalue weighted by Crippen LogP contribution is 2.39. The molecule has 0 fully saturated rings. The van der Waals surface area contributed by atoms with Crippen LogP contribution in [0.2, 0.25) is 0 Å². The van der Waals surface area contributed by atoms with E-state index in [-0.39, 0.29) is 0 Å². The number of hydrogen-bond donors (Lipinski definition) is 0. The molecule has 4 nitrogen and oxygen atoms in total. The van der Waals surface area contributed by atoms with E-state index in [2.05, 4.69) is 128 Å². The molecule has 0 N–H and O–H groups in total. The summed E-state index contributed by atoms with van der Waals surface area (Å²) in [5, 5.41) is 6.86. The minimum atomic E-state index is 0.301. The second-order valence-electron chi connectivity index (χ2n) is 12.1. The van der Waals surface area contributed by atoms with Crippen LogP contribution in [0.5, 0.6) is 0 Å². The summed E-state index contributed by atoms with van der Waals surface area (Å²) in [6.07, 6.45) is 7.41. The van der Waals surface area contributed by atoms with E-state index in [0.717, 1.165) is 56.2 Å². The van der Waals surface area contributed by atoms with Gasteiger partial charge in [-0.05, 0) is 69.3 Å². The third-order valence-electron chi connectivity index (χ3n) is 9.18. The van der Waals surface area contributed by atoms with Crippen LogP contribution in [0.1, 0.15) is 19.2 Å². The van der Waals surface area contributed by atoms with E-state index in [1.807, 2.05) is 18.2 Å². The number of rotatable bonds is 4. The molecule has 218 valence electrons. The first-order valence-electron chi connectivity index (χ1n) is 15.8. The Bertz CT molecular complexity index is 2520. The summed E-state index contributed by atoms with van der Waals surface area (Å²) in [4.78, 5) is 15.4. The lowest BCUT2D eigenvalue weighted by atomic mass is 9.92. The van der Waals surface area contributed by atoms with Crippen LogP contribution >= 0.6 is 0 Å². The molecular weight excluding hydrogens is 562 g/mol. The Morgan fingerprint density at radius 2 is 1.33 bits per heavy atom. The molecule has 1 aliphatic rings. The van der Waals surface area contributed by atoms with Gasteiger partial charge in [-0.15, -0.1) is 0 Å². The van der Waals surface area contributed by atoms with E-state index in [9.17, 15) is 0 Å². The molecule has 46 heavy (non-hydrogen) atoms. The Morgan fingerprint density at radius 3 is 2.22 bits per heavy atom.